The van der Waals surface area contributed by atoms with E-state index < -0.39 is 0 Å². The summed E-state index contributed by atoms with van der Waals surface area (Å²) in [5.41, 5.74) is 1.21. The Kier molecular flexibility index (Phi) is 13.0. The van der Waals surface area contributed by atoms with E-state index in [9.17, 15) is 0 Å². The average molecular weight is 425 g/mol. The number of rotatable bonds is 9. The second-order valence-electron chi connectivity index (χ2n) is 4.76. The highest BCUT2D eigenvalue weighted by Crippen LogP contribution is 1.98. The maximum atomic E-state index is 4.27. The van der Waals surface area contributed by atoms with Gasteiger partial charge < -0.3 is 10.6 Å². The van der Waals surface area contributed by atoms with Crippen molar-refractivity contribution in [3.63, 3.8) is 0 Å². The molecule has 0 saturated heterocycles. The molecular weight excluding hydrogens is 397 g/mol. The molecule has 1 rings (SSSR count). The fourth-order valence-electron chi connectivity index (χ4n) is 1.84. The molecule has 0 aliphatic carbocycles. The monoisotopic (exact) mass is 425 g/mol. The lowest BCUT2D eigenvalue weighted by Crippen LogP contribution is -2.38. The highest BCUT2D eigenvalue weighted by molar-refractivity contribution is 14.0. The normalized spacial score (nSPS) is 11.1. The summed E-state index contributed by atoms with van der Waals surface area (Å²) in [5, 5.41) is 10.9. The van der Waals surface area contributed by atoms with Crippen molar-refractivity contribution in [2.24, 2.45) is 4.99 Å². The number of guanidine groups is 1. The quantitative estimate of drug-likeness (QED) is 0.276. The third-order valence-electron chi connectivity index (χ3n) is 2.91. The summed E-state index contributed by atoms with van der Waals surface area (Å²) >= 11 is 1.90. The minimum absolute atomic E-state index is 0. The smallest absolute Gasteiger partial charge is 0.190 e. The van der Waals surface area contributed by atoms with Gasteiger partial charge >= 0.3 is 0 Å². The van der Waals surface area contributed by atoms with Crippen LogP contribution in [0.1, 0.15) is 24.8 Å². The Morgan fingerprint density at radius 2 is 2.00 bits per heavy atom. The number of aromatic nitrogens is 2. The van der Waals surface area contributed by atoms with E-state index in [1.165, 1.54) is 24.2 Å². The van der Waals surface area contributed by atoms with Crippen molar-refractivity contribution in [3.8, 4) is 0 Å². The number of aryl methyl sites for hydroxylation is 2. The van der Waals surface area contributed by atoms with E-state index >= 15 is 0 Å². The molecule has 0 spiro atoms. The van der Waals surface area contributed by atoms with E-state index in [1.807, 2.05) is 29.7 Å². The summed E-state index contributed by atoms with van der Waals surface area (Å²) < 4.78 is 1.98. The number of nitrogens with one attached hydrogen (secondary N) is 2. The Morgan fingerprint density at radius 3 is 2.57 bits per heavy atom. The molecule has 1 aromatic heterocycles. The van der Waals surface area contributed by atoms with Crippen molar-refractivity contribution in [3.05, 3.63) is 18.0 Å². The van der Waals surface area contributed by atoms with Crippen LogP contribution in [0.15, 0.2) is 17.4 Å². The predicted octanol–water partition coefficient (Wildman–Crippen LogP) is 2.51. The highest BCUT2D eigenvalue weighted by atomic mass is 127. The molecule has 0 atom stereocenters. The van der Waals surface area contributed by atoms with Crippen molar-refractivity contribution < 1.29 is 0 Å². The summed E-state index contributed by atoms with van der Waals surface area (Å²) in [6, 6.07) is 0. The van der Waals surface area contributed by atoms with E-state index in [1.54, 1.807) is 0 Å². The van der Waals surface area contributed by atoms with Crippen LogP contribution in [0.5, 0.6) is 0 Å². The molecule has 0 unspecified atom stereocenters. The highest BCUT2D eigenvalue weighted by Gasteiger charge is 1.98. The van der Waals surface area contributed by atoms with Crippen LogP contribution in [0.25, 0.3) is 0 Å². The molecule has 122 valence electrons. The summed E-state index contributed by atoms with van der Waals surface area (Å²) in [6.45, 7) is 4.89. The van der Waals surface area contributed by atoms with Crippen molar-refractivity contribution in [1.82, 2.24) is 20.4 Å². The van der Waals surface area contributed by atoms with Crippen LogP contribution in [0, 0.1) is 6.92 Å². The summed E-state index contributed by atoms with van der Waals surface area (Å²) in [4.78, 5) is 4.22. The van der Waals surface area contributed by atoms with Gasteiger partial charge in [-0.05, 0) is 43.8 Å². The topological polar surface area (TPSA) is 54.2 Å². The number of hydrogen-bond donors (Lipinski definition) is 2. The number of hydrogen-bond acceptors (Lipinski definition) is 3. The lowest BCUT2D eigenvalue weighted by atomic mass is 10.3. The minimum Gasteiger partial charge on any atom is -0.356 e. The van der Waals surface area contributed by atoms with Gasteiger partial charge in [0.25, 0.3) is 0 Å². The summed E-state index contributed by atoms with van der Waals surface area (Å²) in [5.74, 6) is 2.13. The van der Waals surface area contributed by atoms with Crippen LogP contribution >= 0.6 is 35.7 Å². The zero-order valence-corrected chi connectivity index (χ0v) is 16.4. The molecule has 0 aliphatic heterocycles. The predicted molar refractivity (Wildman–Crippen MR) is 104 cm³/mol. The lowest BCUT2D eigenvalue weighted by Gasteiger charge is -2.11. The molecule has 5 nitrogen and oxygen atoms in total. The Hall–Kier alpha value is -0.440. The molecule has 1 aromatic rings. The van der Waals surface area contributed by atoms with Crippen LogP contribution < -0.4 is 10.6 Å². The van der Waals surface area contributed by atoms with Crippen LogP contribution in [0.2, 0.25) is 0 Å². The second kappa shape index (κ2) is 13.2. The van der Waals surface area contributed by atoms with Gasteiger partial charge in [0.2, 0.25) is 0 Å². The van der Waals surface area contributed by atoms with E-state index in [0.29, 0.717) is 0 Å². The van der Waals surface area contributed by atoms with E-state index in [0.717, 1.165) is 32.0 Å². The maximum absolute atomic E-state index is 4.27. The molecule has 0 saturated carbocycles. The molecule has 21 heavy (non-hydrogen) atoms. The van der Waals surface area contributed by atoms with Gasteiger partial charge in [0.05, 0.1) is 6.20 Å². The van der Waals surface area contributed by atoms with Crippen LogP contribution in [0.3, 0.4) is 0 Å². The van der Waals surface area contributed by atoms with Gasteiger partial charge in [0.1, 0.15) is 0 Å². The number of nitrogens with zero attached hydrogens (tertiary/aromatic N) is 3. The fourth-order valence-corrected chi connectivity index (χ4v) is 2.33. The number of unbranched alkanes of at least 4 members (excludes halogenated alkanes) is 1. The molecule has 0 amide bonds. The minimum atomic E-state index is 0. The first-order valence-electron chi connectivity index (χ1n) is 7.18. The largest absolute Gasteiger partial charge is 0.356 e. The van der Waals surface area contributed by atoms with Crippen LogP contribution in [0.4, 0.5) is 0 Å². The standard InChI is InChI=1S/C14H27N5S.HI/c1-13-11-18-19(12-13)9-6-8-17-14(15-2)16-7-4-5-10-20-3;/h11-12H,4-10H2,1-3H3,(H2,15,16,17);1H. The molecule has 0 radical (unpaired) electrons. The molecule has 7 heteroatoms. The Morgan fingerprint density at radius 1 is 1.29 bits per heavy atom. The zero-order valence-electron chi connectivity index (χ0n) is 13.3. The van der Waals surface area contributed by atoms with Gasteiger partial charge in [-0.15, -0.1) is 24.0 Å². The van der Waals surface area contributed by atoms with Gasteiger partial charge in [0.15, 0.2) is 5.96 Å². The average Bonchev–Trinajstić information content (AvgIpc) is 2.86. The number of aliphatic imine (C=N–C) groups is 1. The molecule has 0 aliphatic rings. The molecule has 1 heterocycles. The summed E-state index contributed by atoms with van der Waals surface area (Å²) in [6.07, 6.45) is 9.59. The number of thioether (sulfide) groups is 1. The third-order valence-corrected chi connectivity index (χ3v) is 3.61. The van der Waals surface area contributed by atoms with E-state index in [4.69, 9.17) is 0 Å². The Labute approximate surface area is 149 Å². The molecule has 2 N–H and O–H groups in total. The maximum Gasteiger partial charge on any atom is 0.190 e. The van der Waals surface area contributed by atoms with Crippen molar-refractivity contribution in [2.45, 2.75) is 32.7 Å². The first kappa shape index (κ1) is 20.6. The zero-order chi connectivity index (χ0) is 14.6. The molecular formula is C14H28IN5S. The van der Waals surface area contributed by atoms with Gasteiger partial charge in [-0.1, -0.05) is 0 Å². The molecule has 0 fully saturated rings. The lowest BCUT2D eigenvalue weighted by molar-refractivity contribution is 0.569. The first-order valence-corrected chi connectivity index (χ1v) is 8.58. The van der Waals surface area contributed by atoms with Crippen molar-refractivity contribution >= 4 is 41.7 Å². The molecule has 0 bridgehead atoms. The SMILES string of the molecule is CN=C(NCCCCSC)NCCCn1cc(C)cn1.I. The number of halogens is 1. The van der Waals surface area contributed by atoms with Gasteiger partial charge in [-0.3, -0.25) is 9.67 Å². The van der Waals surface area contributed by atoms with Gasteiger partial charge in [0, 0.05) is 32.9 Å². The van der Waals surface area contributed by atoms with E-state index in [2.05, 4.69) is 40.1 Å². The fraction of sp³-hybridized carbons (Fsp3) is 0.714. The van der Waals surface area contributed by atoms with Crippen molar-refractivity contribution in [2.75, 3.05) is 32.1 Å². The third kappa shape index (κ3) is 10.00. The van der Waals surface area contributed by atoms with E-state index in [-0.39, 0.29) is 24.0 Å². The van der Waals surface area contributed by atoms with Gasteiger partial charge in [-0.2, -0.15) is 16.9 Å². The first-order chi connectivity index (χ1) is 9.76. The van der Waals surface area contributed by atoms with Crippen molar-refractivity contribution in [1.29, 1.82) is 0 Å². The Bertz CT molecular complexity index is 394. The Balaban J connectivity index is 0.00000400. The molecule has 0 aromatic carbocycles. The van der Waals surface area contributed by atoms with Crippen LogP contribution in [-0.2, 0) is 6.54 Å². The van der Waals surface area contributed by atoms with Crippen LogP contribution in [-0.4, -0.2) is 47.9 Å². The van der Waals surface area contributed by atoms with Gasteiger partial charge in [-0.25, -0.2) is 0 Å². The second-order valence-corrected chi connectivity index (χ2v) is 5.75. The summed E-state index contributed by atoms with van der Waals surface area (Å²) in [7, 11) is 1.81.